The summed E-state index contributed by atoms with van der Waals surface area (Å²) in [5, 5.41) is 4.03. The molecule has 0 saturated carbocycles. The Labute approximate surface area is 120 Å². The van der Waals surface area contributed by atoms with Crippen LogP contribution in [0.2, 0.25) is 5.02 Å². The lowest BCUT2D eigenvalue weighted by molar-refractivity contribution is 0.0498. The smallest absolute Gasteiger partial charge is 0.0772 e. The van der Waals surface area contributed by atoms with Crippen molar-refractivity contribution in [3.63, 3.8) is 0 Å². The standard InChI is InChI=1S/C15H23ClN2O/c1-11-7-8-18(10-15(11)19-3)14-6-4-5-13(16)12(14)9-17-2/h4-6,11,15,17H,7-10H2,1-3H3. The van der Waals surface area contributed by atoms with Gasteiger partial charge in [-0.25, -0.2) is 0 Å². The van der Waals surface area contributed by atoms with E-state index in [1.165, 1.54) is 11.3 Å². The zero-order valence-electron chi connectivity index (χ0n) is 11.9. The van der Waals surface area contributed by atoms with Crippen LogP contribution in [0.4, 0.5) is 5.69 Å². The summed E-state index contributed by atoms with van der Waals surface area (Å²) >= 11 is 6.33. The van der Waals surface area contributed by atoms with Gasteiger partial charge in [-0.2, -0.15) is 0 Å². The number of nitrogens with zero attached hydrogens (tertiary/aromatic N) is 1. The molecule has 0 amide bonds. The van der Waals surface area contributed by atoms with E-state index in [2.05, 4.69) is 23.2 Å². The number of methoxy groups -OCH3 is 1. The Kier molecular flexibility index (Phi) is 5.08. The van der Waals surface area contributed by atoms with Gasteiger partial charge in [-0.1, -0.05) is 24.6 Å². The Morgan fingerprint density at radius 1 is 1.47 bits per heavy atom. The second-order valence-electron chi connectivity index (χ2n) is 5.25. The van der Waals surface area contributed by atoms with Crippen molar-refractivity contribution < 1.29 is 4.74 Å². The molecule has 1 aliphatic heterocycles. The van der Waals surface area contributed by atoms with Crippen LogP contribution in [-0.2, 0) is 11.3 Å². The number of anilines is 1. The molecule has 1 aromatic rings. The van der Waals surface area contributed by atoms with Crippen molar-refractivity contribution in [2.75, 3.05) is 32.1 Å². The third-order valence-corrected chi connectivity index (χ3v) is 4.33. The maximum Gasteiger partial charge on any atom is 0.0772 e. The molecule has 0 radical (unpaired) electrons. The quantitative estimate of drug-likeness (QED) is 0.919. The molecule has 1 fully saturated rings. The average Bonchev–Trinajstić information content (AvgIpc) is 2.42. The number of hydrogen-bond donors (Lipinski definition) is 1. The molecule has 1 aromatic carbocycles. The summed E-state index contributed by atoms with van der Waals surface area (Å²) in [5.74, 6) is 0.619. The molecule has 0 spiro atoms. The Balaban J connectivity index is 2.24. The van der Waals surface area contributed by atoms with Gasteiger partial charge < -0.3 is 15.0 Å². The second kappa shape index (κ2) is 6.60. The average molecular weight is 283 g/mol. The van der Waals surface area contributed by atoms with Crippen molar-refractivity contribution in [3.05, 3.63) is 28.8 Å². The number of halogens is 1. The van der Waals surface area contributed by atoms with Gasteiger partial charge in [0.1, 0.15) is 0 Å². The van der Waals surface area contributed by atoms with E-state index in [1.807, 2.05) is 19.2 Å². The Hall–Kier alpha value is -0.770. The van der Waals surface area contributed by atoms with Crippen LogP contribution in [0.5, 0.6) is 0 Å². The molecule has 1 aliphatic rings. The van der Waals surface area contributed by atoms with E-state index >= 15 is 0 Å². The normalized spacial score (nSPS) is 23.7. The number of benzene rings is 1. The van der Waals surface area contributed by atoms with Crippen molar-refractivity contribution in [1.29, 1.82) is 0 Å². The molecule has 106 valence electrons. The maximum absolute atomic E-state index is 6.33. The molecule has 0 aliphatic carbocycles. The predicted molar refractivity (Wildman–Crippen MR) is 81.0 cm³/mol. The fourth-order valence-corrected chi connectivity index (χ4v) is 2.99. The summed E-state index contributed by atoms with van der Waals surface area (Å²) in [6.07, 6.45) is 1.46. The highest BCUT2D eigenvalue weighted by molar-refractivity contribution is 6.31. The molecular formula is C15H23ClN2O. The third kappa shape index (κ3) is 3.22. The van der Waals surface area contributed by atoms with Crippen molar-refractivity contribution in [2.24, 2.45) is 5.92 Å². The predicted octanol–water partition coefficient (Wildman–Crippen LogP) is 2.92. The lowest BCUT2D eigenvalue weighted by Crippen LogP contribution is -2.44. The highest BCUT2D eigenvalue weighted by Gasteiger charge is 2.27. The second-order valence-corrected chi connectivity index (χ2v) is 5.66. The molecule has 0 aromatic heterocycles. The molecule has 0 bridgehead atoms. The Morgan fingerprint density at radius 3 is 2.95 bits per heavy atom. The fraction of sp³-hybridized carbons (Fsp3) is 0.600. The highest BCUT2D eigenvalue weighted by atomic mass is 35.5. The molecule has 1 saturated heterocycles. The number of rotatable bonds is 4. The van der Waals surface area contributed by atoms with Crippen LogP contribution in [0, 0.1) is 5.92 Å². The summed E-state index contributed by atoms with van der Waals surface area (Å²) < 4.78 is 5.59. The molecule has 3 nitrogen and oxygen atoms in total. The summed E-state index contributed by atoms with van der Waals surface area (Å²) in [6, 6.07) is 6.13. The van der Waals surface area contributed by atoms with E-state index in [4.69, 9.17) is 16.3 Å². The maximum atomic E-state index is 6.33. The van der Waals surface area contributed by atoms with E-state index in [0.717, 1.165) is 31.1 Å². The van der Waals surface area contributed by atoms with E-state index in [0.29, 0.717) is 12.0 Å². The van der Waals surface area contributed by atoms with Gasteiger partial charge in [0.05, 0.1) is 6.10 Å². The van der Waals surface area contributed by atoms with Gasteiger partial charge in [-0.05, 0) is 31.5 Å². The topological polar surface area (TPSA) is 24.5 Å². The van der Waals surface area contributed by atoms with Crippen LogP contribution in [0.1, 0.15) is 18.9 Å². The van der Waals surface area contributed by atoms with Crippen LogP contribution in [-0.4, -0.2) is 33.4 Å². The fourth-order valence-electron chi connectivity index (χ4n) is 2.75. The highest BCUT2D eigenvalue weighted by Crippen LogP contribution is 2.31. The van der Waals surface area contributed by atoms with E-state index in [9.17, 15) is 0 Å². The van der Waals surface area contributed by atoms with E-state index in [-0.39, 0.29) is 0 Å². The monoisotopic (exact) mass is 282 g/mol. The van der Waals surface area contributed by atoms with Crippen molar-refractivity contribution in [1.82, 2.24) is 5.32 Å². The molecule has 4 heteroatoms. The summed E-state index contributed by atoms with van der Waals surface area (Å²) in [6.45, 7) is 5.06. The minimum absolute atomic E-state index is 0.301. The number of hydrogen-bond acceptors (Lipinski definition) is 3. The van der Waals surface area contributed by atoms with E-state index < -0.39 is 0 Å². The van der Waals surface area contributed by atoms with Crippen LogP contribution >= 0.6 is 11.6 Å². The lowest BCUT2D eigenvalue weighted by Gasteiger charge is -2.38. The molecule has 1 N–H and O–H groups in total. The summed E-state index contributed by atoms with van der Waals surface area (Å²) in [7, 11) is 3.75. The molecule has 19 heavy (non-hydrogen) atoms. The third-order valence-electron chi connectivity index (χ3n) is 3.98. The van der Waals surface area contributed by atoms with Gasteiger partial charge in [0.15, 0.2) is 0 Å². The first-order valence-electron chi connectivity index (χ1n) is 6.87. The zero-order chi connectivity index (χ0) is 13.8. The molecule has 1 heterocycles. The summed E-state index contributed by atoms with van der Waals surface area (Å²) in [4.78, 5) is 2.40. The van der Waals surface area contributed by atoms with Crippen molar-refractivity contribution >= 4 is 17.3 Å². The van der Waals surface area contributed by atoms with Gasteiger partial charge in [-0.3, -0.25) is 0 Å². The van der Waals surface area contributed by atoms with Crippen LogP contribution < -0.4 is 10.2 Å². The van der Waals surface area contributed by atoms with Gasteiger partial charge in [0, 0.05) is 43.0 Å². The first kappa shape index (κ1) is 14.6. The molecule has 2 rings (SSSR count). The molecule has 2 atom stereocenters. The minimum atomic E-state index is 0.301. The molecular weight excluding hydrogens is 260 g/mol. The summed E-state index contributed by atoms with van der Waals surface area (Å²) in [5.41, 5.74) is 2.41. The zero-order valence-corrected chi connectivity index (χ0v) is 12.7. The first-order valence-corrected chi connectivity index (χ1v) is 7.25. The van der Waals surface area contributed by atoms with Gasteiger partial charge in [0.25, 0.3) is 0 Å². The number of nitrogens with one attached hydrogen (secondary N) is 1. The van der Waals surface area contributed by atoms with Crippen molar-refractivity contribution in [3.8, 4) is 0 Å². The first-order chi connectivity index (χ1) is 9.17. The minimum Gasteiger partial charge on any atom is -0.379 e. The number of ether oxygens (including phenoxy) is 1. The molecule has 2 unspecified atom stereocenters. The van der Waals surface area contributed by atoms with Crippen molar-refractivity contribution in [2.45, 2.75) is 26.0 Å². The van der Waals surface area contributed by atoms with Gasteiger partial charge in [0.2, 0.25) is 0 Å². The van der Waals surface area contributed by atoms with Gasteiger partial charge >= 0.3 is 0 Å². The van der Waals surface area contributed by atoms with E-state index in [1.54, 1.807) is 7.11 Å². The SMILES string of the molecule is CNCc1c(Cl)cccc1N1CCC(C)C(OC)C1. The van der Waals surface area contributed by atoms with Gasteiger partial charge in [-0.15, -0.1) is 0 Å². The van der Waals surface area contributed by atoms with Crippen LogP contribution in [0.15, 0.2) is 18.2 Å². The number of piperidine rings is 1. The lowest BCUT2D eigenvalue weighted by atomic mass is 9.95. The largest absolute Gasteiger partial charge is 0.379 e. The van der Waals surface area contributed by atoms with Crippen LogP contribution in [0.3, 0.4) is 0 Å². The van der Waals surface area contributed by atoms with Crippen LogP contribution in [0.25, 0.3) is 0 Å². The Morgan fingerprint density at radius 2 is 2.26 bits per heavy atom. The Bertz CT molecular complexity index is 425.